The summed E-state index contributed by atoms with van der Waals surface area (Å²) < 4.78 is 20.0. The number of Topliss-reactive ketones (excluding diaryl/α,β-unsaturated/α-hetero) is 1. The summed E-state index contributed by atoms with van der Waals surface area (Å²) in [6.45, 7) is 1.96. The van der Waals surface area contributed by atoms with E-state index in [0.29, 0.717) is 27.8 Å². The van der Waals surface area contributed by atoms with Crippen LogP contribution in [0, 0.1) is 5.82 Å². The van der Waals surface area contributed by atoms with Crippen molar-refractivity contribution in [3.63, 3.8) is 0 Å². The highest BCUT2D eigenvalue weighted by Crippen LogP contribution is 2.44. The number of anilines is 1. The topological polar surface area (TPSA) is 92.6 Å². The minimum Gasteiger partial charge on any atom is -0.507 e. The molecule has 0 radical (unpaired) electrons. The van der Waals surface area contributed by atoms with Crippen molar-refractivity contribution in [2.75, 3.05) is 4.90 Å². The van der Waals surface area contributed by atoms with Gasteiger partial charge in [0.05, 0.1) is 21.8 Å². The lowest BCUT2D eigenvalue weighted by molar-refractivity contribution is -0.132. The molecule has 1 fully saturated rings. The highest BCUT2D eigenvalue weighted by molar-refractivity contribution is 7.22. The van der Waals surface area contributed by atoms with E-state index in [0.717, 1.165) is 22.6 Å². The maximum absolute atomic E-state index is 13.8. The van der Waals surface area contributed by atoms with E-state index in [1.165, 1.54) is 23.1 Å². The Balaban J connectivity index is 1.53. The van der Waals surface area contributed by atoms with Crippen molar-refractivity contribution in [2.24, 2.45) is 0 Å². The highest BCUT2D eigenvalue weighted by Gasteiger charge is 2.48. The largest absolute Gasteiger partial charge is 0.507 e. The van der Waals surface area contributed by atoms with Crippen LogP contribution in [0.25, 0.3) is 16.0 Å². The Hall–Kier alpha value is -4.11. The number of carbonyl (C=O) groups excluding carboxylic acids is 2. The molecule has 7 nitrogen and oxygen atoms in total. The SMILES string of the molecule is C[C@H]1Cc2cc(C(O)=C3C(=O)C(=O)N(c4nc5ccc(F)cc5s4)[C@H]3c3cccnc3)ccc2O1. The molecular formula is C26H18FN3O4S. The molecule has 35 heavy (non-hydrogen) atoms. The van der Waals surface area contributed by atoms with Crippen molar-refractivity contribution in [3.05, 3.63) is 89.0 Å². The molecule has 1 amide bonds. The van der Waals surface area contributed by atoms with Crippen molar-refractivity contribution in [1.82, 2.24) is 9.97 Å². The van der Waals surface area contributed by atoms with Gasteiger partial charge in [0.1, 0.15) is 23.4 Å². The van der Waals surface area contributed by atoms with Crippen LogP contribution in [-0.4, -0.2) is 32.9 Å². The third-order valence-electron chi connectivity index (χ3n) is 6.16. The van der Waals surface area contributed by atoms with Gasteiger partial charge in [0.2, 0.25) is 0 Å². The minimum atomic E-state index is -0.947. The number of aromatic nitrogens is 2. The second kappa shape index (κ2) is 7.99. The van der Waals surface area contributed by atoms with Gasteiger partial charge in [-0.1, -0.05) is 17.4 Å². The van der Waals surface area contributed by atoms with E-state index in [1.54, 1.807) is 42.7 Å². The van der Waals surface area contributed by atoms with Gasteiger partial charge in [0, 0.05) is 24.4 Å². The number of ketones is 1. The number of hydrogen-bond donors (Lipinski definition) is 1. The quantitative estimate of drug-likeness (QED) is 0.254. The maximum atomic E-state index is 13.8. The smallest absolute Gasteiger partial charge is 0.301 e. The molecule has 0 spiro atoms. The second-order valence-corrected chi connectivity index (χ2v) is 9.53. The first-order chi connectivity index (χ1) is 16.9. The molecular weight excluding hydrogens is 469 g/mol. The molecule has 1 N–H and O–H groups in total. The Kier molecular flexibility index (Phi) is 4.89. The summed E-state index contributed by atoms with van der Waals surface area (Å²) in [6.07, 6.45) is 3.83. The van der Waals surface area contributed by atoms with Crippen LogP contribution in [0.1, 0.15) is 29.7 Å². The summed E-state index contributed by atoms with van der Waals surface area (Å²) in [6, 6.07) is 11.8. The number of benzene rings is 2. The van der Waals surface area contributed by atoms with E-state index in [1.807, 2.05) is 6.92 Å². The third kappa shape index (κ3) is 3.47. The van der Waals surface area contributed by atoms with E-state index in [-0.39, 0.29) is 22.6 Å². The van der Waals surface area contributed by atoms with Gasteiger partial charge in [-0.15, -0.1) is 0 Å². The monoisotopic (exact) mass is 487 g/mol. The number of amides is 1. The third-order valence-corrected chi connectivity index (χ3v) is 7.18. The number of thiazole rings is 1. The van der Waals surface area contributed by atoms with E-state index in [9.17, 15) is 19.1 Å². The molecule has 0 saturated carbocycles. The normalized spacial score (nSPS) is 20.9. The standard InChI is InChI=1S/C26H18FN3O4S/c1-13-9-16-10-14(4-7-19(16)34-13)23(31)21-22(15-3-2-8-28-12-15)30(25(33)24(21)32)26-29-18-6-5-17(27)11-20(18)35-26/h2-8,10-13,22,31H,9H2,1H3/t13-,22-/m0/s1. The molecule has 2 aromatic heterocycles. The predicted molar refractivity (Wildman–Crippen MR) is 129 cm³/mol. The van der Waals surface area contributed by atoms with Crippen molar-refractivity contribution >= 4 is 44.1 Å². The average molecular weight is 488 g/mol. The minimum absolute atomic E-state index is 0.0206. The van der Waals surface area contributed by atoms with Crippen LogP contribution < -0.4 is 9.64 Å². The number of carbonyl (C=O) groups is 2. The first-order valence-corrected chi connectivity index (χ1v) is 11.8. The molecule has 4 heterocycles. The fourth-order valence-electron chi connectivity index (χ4n) is 4.60. The fourth-order valence-corrected chi connectivity index (χ4v) is 5.61. The molecule has 9 heteroatoms. The Morgan fingerprint density at radius 3 is 2.86 bits per heavy atom. The number of aliphatic hydroxyl groups is 1. The molecule has 2 aromatic carbocycles. The molecule has 2 atom stereocenters. The summed E-state index contributed by atoms with van der Waals surface area (Å²) in [5.41, 5.74) is 2.32. The van der Waals surface area contributed by atoms with Gasteiger partial charge in [-0.25, -0.2) is 9.37 Å². The molecule has 6 rings (SSSR count). The Morgan fingerprint density at radius 2 is 2.06 bits per heavy atom. The molecule has 174 valence electrons. The number of ether oxygens (including phenoxy) is 1. The Bertz CT molecular complexity index is 1550. The van der Waals surface area contributed by atoms with Crippen LogP contribution in [-0.2, 0) is 16.0 Å². The zero-order chi connectivity index (χ0) is 24.3. The summed E-state index contributed by atoms with van der Waals surface area (Å²) in [4.78, 5) is 36.5. The van der Waals surface area contributed by atoms with Gasteiger partial charge >= 0.3 is 5.91 Å². The van der Waals surface area contributed by atoms with Crippen LogP contribution in [0.3, 0.4) is 0 Å². The predicted octanol–water partition coefficient (Wildman–Crippen LogP) is 4.78. The Morgan fingerprint density at radius 1 is 1.20 bits per heavy atom. The molecule has 4 aromatic rings. The first kappa shape index (κ1) is 21.4. The lowest BCUT2D eigenvalue weighted by atomic mass is 9.95. The van der Waals surface area contributed by atoms with Crippen molar-refractivity contribution < 1.29 is 23.8 Å². The molecule has 2 aliphatic heterocycles. The van der Waals surface area contributed by atoms with Crippen LogP contribution in [0.2, 0.25) is 0 Å². The van der Waals surface area contributed by atoms with Crippen molar-refractivity contribution in [3.8, 4) is 5.75 Å². The van der Waals surface area contributed by atoms with Crippen LogP contribution >= 0.6 is 11.3 Å². The maximum Gasteiger partial charge on any atom is 0.301 e. The number of hydrogen-bond acceptors (Lipinski definition) is 7. The second-order valence-electron chi connectivity index (χ2n) is 8.52. The van der Waals surface area contributed by atoms with Gasteiger partial charge in [0.25, 0.3) is 5.78 Å². The molecule has 0 bridgehead atoms. The zero-order valence-electron chi connectivity index (χ0n) is 18.4. The lowest BCUT2D eigenvalue weighted by Gasteiger charge is -2.22. The van der Waals surface area contributed by atoms with Gasteiger partial charge in [-0.3, -0.25) is 19.5 Å². The van der Waals surface area contributed by atoms with Gasteiger partial charge in [0.15, 0.2) is 5.13 Å². The fraction of sp³-hybridized carbons (Fsp3) is 0.154. The van der Waals surface area contributed by atoms with E-state index in [2.05, 4.69) is 9.97 Å². The summed E-state index contributed by atoms with van der Waals surface area (Å²) in [5.74, 6) is -1.62. The number of rotatable bonds is 3. The van der Waals surface area contributed by atoms with Crippen LogP contribution in [0.5, 0.6) is 5.75 Å². The van der Waals surface area contributed by atoms with Gasteiger partial charge < -0.3 is 9.84 Å². The summed E-state index contributed by atoms with van der Waals surface area (Å²) >= 11 is 1.10. The van der Waals surface area contributed by atoms with E-state index in [4.69, 9.17) is 4.74 Å². The summed E-state index contributed by atoms with van der Waals surface area (Å²) in [7, 11) is 0. The first-order valence-electron chi connectivity index (χ1n) is 11.0. The number of aliphatic hydroxyl groups excluding tert-OH is 1. The van der Waals surface area contributed by atoms with Gasteiger partial charge in [-0.05, 0) is 60.5 Å². The molecule has 0 aliphatic carbocycles. The van der Waals surface area contributed by atoms with E-state index >= 15 is 0 Å². The van der Waals surface area contributed by atoms with Crippen molar-refractivity contribution in [2.45, 2.75) is 25.5 Å². The van der Waals surface area contributed by atoms with Crippen LogP contribution in [0.15, 0.2) is 66.5 Å². The van der Waals surface area contributed by atoms with Crippen molar-refractivity contribution in [1.29, 1.82) is 0 Å². The molecule has 1 saturated heterocycles. The number of nitrogens with zero attached hydrogens (tertiary/aromatic N) is 3. The Labute approximate surface area is 203 Å². The van der Waals surface area contributed by atoms with Gasteiger partial charge in [-0.2, -0.15) is 0 Å². The van der Waals surface area contributed by atoms with E-state index < -0.39 is 23.5 Å². The number of halogens is 1. The molecule has 0 unspecified atom stereocenters. The lowest BCUT2D eigenvalue weighted by Crippen LogP contribution is -2.29. The zero-order valence-corrected chi connectivity index (χ0v) is 19.3. The van der Waals surface area contributed by atoms with Crippen LogP contribution in [0.4, 0.5) is 9.52 Å². The highest BCUT2D eigenvalue weighted by atomic mass is 32.1. The number of fused-ring (bicyclic) bond motifs is 2. The molecule has 2 aliphatic rings. The number of pyridine rings is 1. The summed E-state index contributed by atoms with van der Waals surface area (Å²) in [5, 5.41) is 11.6. The average Bonchev–Trinajstić information content (AvgIpc) is 3.51.